The molecule has 1 rings (SSSR count). The lowest BCUT2D eigenvalue weighted by Gasteiger charge is -2.39. The van der Waals surface area contributed by atoms with Crippen LogP contribution in [0.15, 0.2) is 0 Å². The molecule has 2 atom stereocenters. The summed E-state index contributed by atoms with van der Waals surface area (Å²) in [6, 6.07) is -0.210. The number of hydrogen-bond donors (Lipinski definition) is 1. The third-order valence-electron chi connectivity index (χ3n) is 3.89. The van der Waals surface area contributed by atoms with Gasteiger partial charge in [-0.3, -0.25) is 9.69 Å². The van der Waals surface area contributed by atoms with Gasteiger partial charge in [0.05, 0.1) is 0 Å². The van der Waals surface area contributed by atoms with Crippen molar-refractivity contribution in [2.75, 3.05) is 43.9 Å². The maximum atomic E-state index is 12.3. The average molecular weight is 338 g/mol. The van der Waals surface area contributed by atoms with Gasteiger partial charge in [-0.2, -0.15) is 11.8 Å². The molecular formula is C13H27N3O3S2. The van der Waals surface area contributed by atoms with Crippen molar-refractivity contribution in [1.82, 2.24) is 9.80 Å². The van der Waals surface area contributed by atoms with E-state index in [-0.39, 0.29) is 18.4 Å². The number of nitrogens with two attached hydrogens (primary N) is 1. The number of rotatable bonds is 7. The predicted molar refractivity (Wildman–Crippen MR) is 88.1 cm³/mol. The van der Waals surface area contributed by atoms with Gasteiger partial charge >= 0.3 is 0 Å². The van der Waals surface area contributed by atoms with Crippen LogP contribution >= 0.6 is 11.8 Å². The lowest BCUT2D eigenvalue weighted by atomic mass is 10.1. The Bertz CT molecular complexity index is 438. The summed E-state index contributed by atoms with van der Waals surface area (Å²) in [6.07, 6.45) is 1.55. The van der Waals surface area contributed by atoms with Crippen molar-refractivity contribution in [2.45, 2.75) is 31.7 Å². The second-order valence-electron chi connectivity index (χ2n) is 5.26. The zero-order valence-electron chi connectivity index (χ0n) is 13.1. The molecule has 1 fully saturated rings. The molecule has 0 aliphatic carbocycles. The van der Waals surface area contributed by atoms with Gasteiger partial charge in [0, 0.05) is 56.4 Å². The summed E-state index contributed by atoms with van der Waals surface area (Å²) >= 11 is 1.64. The highest BCUT2D eigenvalue weighted by atomic mass is 32.2. The molecular weight excluding hydrogens is 310 g/mol. The lowest BCUT2D eigenvalue weighted by Crippen LogP contribution is -2.55. The monoisotopic (exact) mass is 337 g/mol. The van der Waals surface area contributed by atoms with Gasteiger partial charge in [0.1, 0.15) is 5.37 Å². The molecule has 1 aliphatic heterocycles. The molecule has 0 bridgehead atoms. The predicted octanol–water partition coefficient (Wildman–Crippen LogP) is -0.00830. The molecule has 0 aromatic heterocycles. The number of hydrogen-bond acceptors (Lipinski definition) is 6. The highest BCUT2D eigenvalue weighted by Crippen LogP contribution is 2.23. The Balaban J connectivity index is 2.84. The number of carbonyl (C=O) groups excluding carboxylic acids is 1. The van der Waals surface area contributed by atoms with Crippen molar-refractivity contribution in [3.63, 3.8) is 0 Å². The second kappa shape index (κ2) is 8.36. The van der Waals surface area contributed by atoms with E-state index < -0.39 is 15.2 Å². The van der Waals surface area contributed by atoms with E-state index in [4.69, 9.17) is 5.73 Å². The van der Waals surface area contributed by atoms with Crippen LogP contribution in [0.3, 0.4) is 0 Å². The zero-order chi connectivity index (χ0) is 16.0. The van der Waals surface area contributed by atoms with Gasteiger partial charge in [-0.15, -0.1) is 0 Å². The molecule has 0 saturated carbocycles. The summed E-state index contributed by atoms with van der Waals surface area (Å²) in [5, 5.41) is -0.533. The molecule has 1 amide bonds. The quantitative estimate of drug-likeness (QED) is 0.703. The first-order valence-corrected chi connectivity index (χ1v) is 10.5. The third kappa shape index (κ3) is 5.12. The maximum Gasteiger partial charge on any atom is 0.224 e. The van der Waals surface area contributed by atoms with Crippen molar-refractivity contribution in [2.24, 2.45) is 5.73 Å². The topological polar surface area (TPSA) is 83.7 Å². The van der Waals surface area contributed by atoms with Gasteiger partial charge in [-0.25, -0.2) is 8.42 Å². The first kappa shape index (κ1) is 18.7. The van der Waals surface area contributed by atoms with Crippen LogP contribution in [0.25, 0.3) is 0 Å². The normalized spacial score (nSPS) is 22.0. The van der Waals surface area contributed by atoms with Crippen molar-refractivity contribution < 1.29 is 13.2 Å². The van der Waals surface area contributed by atoms with Gasteiger partial charge in [-0.05, 0) is 13.8 Å². The summed E-state index contributed by atoms with van der Waals surface area (Å²) < 4.78 is 23.9. The molecule has 6 nitrogen and oxygen atoms in total. The Morgan fingerprint density at radius 1 is 1.43 bits per heavy atom. The van der Waals surface area contributed by atoms with Crippen LogP contribution in [-0.4, -0.2) is 79.5 Å². The fourth-order valence-corrected chi connectivity index (χ4v) is 5.57. The van der Waals surface area contributed by atoms with Gasteiger partial charge < -0.3 is 10.6 Å². The molecule has 0 radical (unpaired) electrons. The van der Waals surface area contributed by atoms with Crippen LogP contribution in [0, 0.1) is 0 Å². The van der Waals surface area contributed by atoms with E-state index in [1.807, 2.05) is 18.7 Å². The molecule has 21 heavy (non-hydrogen) atoms. The Morgan fingerprint density at radius 2 is 2.05 bits per heavy atom. The van der Waals surface area contributed by atoms with Crippen LogP contribution in [0.1, 0.15) is 20.3 Å². The van der Waals surface area contributed by atoms with Crippen molar-refractivity contribution in [3.8, 4) is 0 Å². The first-order chi connectivity index (χ1) is 9.85. The summed E-state index contributed by atoms with van der Waals surface area (Å²) in [6.45, 7) is 6.17. The van der Waals surface area contributed by atoms with E-state index in [2.05, 4.69) is 0 Å². The maximum absolute atomic E-state index is 12.3. The smallest absolute Gasteiger partial charge is 0.224 e. The average Bonchev–Trinajstić information content (AvgIpc) is 2.45. The van der Waals surface area contributed by atoms with E-state index in [0.29, 0.717) is 31.9 Å². The van der Waals surface area contributed by atoms with E-state index >= 15 is 0 Å². The van der Waals surface area contributed by atoms with Gasteiger partial charge in [0.2, 0.25) is 5.91 Å². The number of thioether (sulfide) groups is 1. The molecule has 0 aromatic carbocycles. The summed E-state index contributed by atoms with van der Waals surface area (Å²) in [7, 11) is -3.17. The highest BCUT2D eigenvalue weighted by molar-refractivity contribution is 8.00. The van der Waals surface area contributed by atoms with Crippen LogP contribution in [0.4, 0.5) is 0 Å². The number of amides is 1. The second-order valence-corrected chi connectivity index (χ2v) is 8.61. The molecule has 2 unspecified atom stereocenters. The molecule has 0 spiro atoms. The standard InChI is InChI=1S/C13H27N3O3S2/c1-4-15(5-2)12(17)8-11(9-14)16-6-7-20-10-13(16)21(3,18)19/h11,13H,4-10,14H2,1-3H3. The largest absolute Gasteiger partial charge is 0.343 e. The van der Waals surface area contributed by atoms with Crippen LogP contribution in [0.2, 0.25) is 0 Å². The Kier molecular flexibility index (Phi) is 7.46. The first-order valence-electron chi connectivity index (χ1n) is 7.35. The van der Waals surface area contributed by atoms with Crippen molar-refractivity contribution in [1.29, 1.82) is 0 Å². The SMILES string of the molecule is CCN(CC)C(=O)CC(CN)N1CCSCC1S(C)(=O)=O. The van der Waals surface area contributed by atoms with Crippen LogP contribution in [-0.2, 0) is 14.6 Å². The third-order valence-corrected chi connectivity index (χ3v) is 6.55. The molecule has 1 heterocycles. The molecule has 0 aromatic rings. The number of carbonyl (C=O) groups is 1. The van der Waals surface area contributed by atoms with Gasteiger partial charge in [0.15, 0.2) is 9.84 Å². The Hall–Kier alpha value is -0.310. The van der Waals surface area contributed by atoms with Crippen molar-refractivity contribution >= 4 is 27.5 Å². The minimum atomic E-state index is -3.17. The van der Waals surface area contributed by atoms with E-state index in [1.165, 1.54) is 6.26 Å². The molecule has 124 valence electrons. The fraction of sp³-hybridized carbons (Fsp3) is 0.923. The molecule has 1 saturated heterocycles. The van der Waals surface area contributed by atoms with Gasteiger partial charge in [0.25, 0.3) is 0 Å². The number of nitrogens with zero attached hydrogens (tertiary/aromatic N) is 2. The highest BCUT2D eigenvalue weighted by Gasteiger charge is 2.36. The summed E-state index contributed by atoms with van der Waals surface area (Å²) in [4.78, 5) is 15.9. The lowest BCUT2D eigenvalue weighted by molar-refractivity contribution is -0.132. The minimum absolute atomic E-state index is 0.0425. The minimum Gasteiger partial charge on any atom is -0.343 e. The van der Waals surface area contributed by atoms with E-state index in [1.54, 1.807) is 16.7 Å². The molecule has 1 aliphatic rings. The van der Waals surface area contributed by atoms with Crippen LogP contribution in [0.5, 0.6) is 0 Å². The Morgan fingerprint density at radius 3 is 2.52 bits per heavy atom. The number of sulfone groups is 1. The van der Waals surface area contributed by atoms with E-state index in [0.717, 1.165) is 5.75 Å². The summed E-state index contributed by atoms with van der Waals surface area (Å²) in [5.41, 5.74) is 5.83. The van der Waals surface area contributed by atoms with E-state index in [9.17, 15) is 13.2 Å². The van der Waals surface area contributed by atoms with Crippen molar-refractivity contribution in [3.05, 3.63) is 0 Å². The Labute approximate surface area is 132 Å². The van der Waals surface area contributed by atoms with Gasteiger partial charge in [-0.1, -0.05) is 0 Å². The molecule has 8 heteroatoms. The zero-order valence-corrected chi connectivity index (χ0v) is 14.8. The van der Waals surface area contributed by atoms with Crippen LogP contribution < -0.4 is 5.73 Å². The summed E-state index contributed by atoms with van der Waals surface area (Å²) in [5.74, 6) is 1.47. The fourth-order valence-electron chi connectivity index (χ4n) is 2.62. The molecule has 2 N–H and O–H groups in total.